The first kappa shape index (κ1) is 18.0. The van der Waals surface area contributed by atoms with Crippen LogP contribution in [0.15, 0.2) is 6.20 Å². The summed E-state index contributed by atoms with van der Waals surface area (Å²) in [5.74, 6) is 1.69. The van der Waals surface area contributed by atoms with E-state index in [0.29, 0.717) is 41.4 Å². The number of hydrogen-bond acceptors (Lipinski definition) is 8. The summed E-state index contributed by atoms with van der Waals surface area (Å²) in [7, 11) is 0. The first-order chi connectivity index (χ1) is 13.6. The van der Waals surface area contributed by atoms with E-state index in [9.17, 15) is 0 Å². The van der Waals surface area contributed by atoms with Gasteiger partial charge < -0.3 is 20.1 Å². The van der Waals surface area contributed by atoms with Crippen molar-refractivity contribution in [1.82, 2.24) is 24.6 Å². The Hall–Kier alpha value is -2.10. The topological polar surface area (TPSA) is 89.4 Å². The fourth-order valence-electron chi connectivity index (χ4n) is 3.75. The van der Waals surface area contributed by atoms with Crippen LogP contribution in [0.4, 0.5) is 17.5 Å². The van der Waals surface area contributed by atoms with Crippen molar-refractivity contribution in [2.45, 2.75) is 38.4 Å². The summed E-state index contributed by atoms with van der Waals surface area (Å²) < 4.78 is 13.4. The minimum Gasteiger partial charge on any atom is -0.475 e. The van der Waals surface area contributed by atoms with Gasteiger partial charge >= 0.3 is 0 Å². The molecule has 150 valence electrons. The molecule has 0 saturated carbocycles. The molecule has 2 bridgehead atoms. The number of nitrogens with one attached hydrogen (secondary N) is 2. The predicted octanol–water partition coefficient (Wildman–Crippen LogP) is 2.22. The number of fused-ring (bicyclic) bond motifs is 3. The summed E-state index contributed by atoms with van der Waals surface area (Å²) in [6, 6.07) is 1.07. The van der Waals surface area contributed by atoms with Gasteiger partial charge in [-0.05, 0) is 13.8 Å². The molecule has 0 amide bonds. The zero-order chi connectivity index (χ0) is 19.3. The van der Waals surface area contributed by atoms with Gasteiger partial charge in [0.2, 0.25) is 5.95 Å². The predicted molar refractivity (Wildman–Crippen MR) is 106 cm³/mol. The van der Waals surface area contributed by atoms with Crippen LogP contribution in [0.3, 0.4) is 0 Å². The Morgan fingerprint density at radius 3 is 2.82 bits per heavy atom. The molecule has 0 aliphatic carbocycles. The van der Waals surface area contributed by atoms with Crippen LogP contribution < -0.4 is 15.4 Å². The molecule has 1 atom stereocenters. The van der Waals surface area contributed by atoms with Crippen LogP contribution in [0.5, 0.6) is 5.88 Å². The second-order valence-corrected chi connectivity index (χ2v) is 8.11. The minimum absolute atomic E-state index is 0.162. The quantitative estimate of drug-likeness (QED) is 0.786. The van der Waals surface area contributed by atoms with Crippen molar-refractivity contribution in [3.05, 3.63) is 16.9 Å². The van der Waals surface area contributed by atoms with E-state index in [2.05, 4.69) is 44.0 Å². The minimum atomic E-state index is 0.162. The molecule has 0 unspecified atom stereocenters. The third kappa shape index (κ3) is 3.17. The molecular weight excluding hydrogens is 382 g/mol. The van der Waals surface area contributed by atoms with Gasteiger partial charge in [-0.15, -0.1) is 5.10 Å². The number of halogens is 1. The van der Waals surface area contributed by atoms with Gasteiger partial charge in [0.15, 0.2) is 5.82 Å². The highest BCUT2D eigenvalue weighted by atomic mass is 35.5. The average Bonchev–Trinajstić information content (AvgIpc) is 2.86. The number of rotatable bonds is 2. The van der Waals surface area contributed by atoms with Crippen LogP contribution in [0.1, 0.15) is 25.1 Å². The van der Waals surface area contributed by atoms with Crippen molar-refractivity contribution >= 4 is 29.1 Å². The van der Waals surface area contributed by atoms with E-state index in [0.717, 1.165) is 44.1 Å². The SMILES string of the molecule is Cc1c2c(nn1C1CN(C3COC3)C1)OCC[C@@H](C)Nc1nc(ncc1Cl)N2. The highest BCUT2D eigenvalue weighted by Crippen LogP contribution is 2.36. The molecule has 0 aromatic carbocycles. The molecule has 3 aliphatic rings. The molecule has 2 aromatic rings. The van der Waals surface area contributed by atoms with Crippen molar-refractivity contribution in [2.75, 3.05) is 43.5 Å². The van der Waals surface area contributed by atoms with Crippen molar-refractivity contribution in [3.8, 4) is 5.88 Å². The summed E-state index contributed by atoms with van der Waals surface area (Å²) in [6.07, 6.45) is 2.41. The van der Waals surface area contributed by atoms with Gasteiger partial charge in [-0.2, -0.15) is 4.98 Å². The molecule has 2 N–H and O–H groups in total. The van der Waals surface area contributed by atoms with Crippen molar-refractivity contribution in [1.29, 1.82) is 0 Å². The molecule has 10 heteroatoms. The fraction of sp³-hybridized carbons (Fsp3) is 0.611. The van der Waals surface area contributed by atoms with Crippen molar-refractivity contribution in [2.24, 2.45) is 0 Å². The van der Waals surface area contributed by atoms with Gasteiger partial charge in [-0.25, -0.2) is 4.98 Å². The molecule has 2 aromatic heterocycles. The molecule has 0 radical (unpaired) electrons. The molecule has 5 heterocycles. The third-order valence-corrected chi connectivity index (χ3v) is 5.92. The Balaban J connectivity index is 1.43. The summed E-state index contributed by atoms with van der Waals surface area (Å²) >= 11 is 6.24. The lowest BCUT2D eigenvalue weighted by atomic mass is 10.0. The summed E-state index contributed by atoms with van der Waals surface area (Å²) in [5.41, 5.74) is 1.83. The van der Waals surface area contributed by atoms with Crippen LogP contribution in [0, 0.1) is 6.92 Å². The molecule has 2 fully saturated rings. The Morgan fingerprint density at radius 2 is 2.07 bits per heavy atom. The van der Waals surface area contributed by atoms with Crippen LogP contribution in [0.25, 0.3) is 0 Å². The van der Waals surface area contributed by atoms with E-state index in [4.69, 9.17) is 26.2 Å². The highest BCUT2D eigenvalue weighted by Gasteiger charge is 2.38. The maximum Gasteiger partial charge on any atom is 0.257 e. The number of likely N-dealkylation sites (tertiary alicyclic amines) is 1. The van der Waals surface area contributed by atoms with Crippen molar-refractivity contribution in [3.63, 3.8) is 0 Å². The molecule has 9 nitrogen and oxygen atoms in total. The van der Waals surface area contributed by atoms with E-state index < -0.39 is 0 Å². The van der Waals surface area contributed by atoms with Crippen LogP contribution in [-0.2, 0) is 4.74 Å². The van der Waals surface area contributed by atoms with Gasteiger partial charge in [0, 0.05) is 25.6 Å². The lowest BCUT2D eigenvalue weighted by Gasteiger charge is -2.47. The average molecular weight is 406 g/mol. The summed E-state index contributed by atoms with van der Waals surface area (Å²) in [5, 5.41) is 11.9. The van der Waals surface area contributed by atoms with Gasteiger partial charge in [-0.3, -0.25) is 9.58 Å². The molecule has 0 spiro atoms. The zero-order valence-corrected chi connectivity index (χ0v) is 16.7. The fourth-order valence-corrected chi connectivity index (χ4v) is 3.89. The van der Waals surface area contributed by atoms with Gasteiger partial charge in [0.1, 0.15) is 10.7 Å². The number of hydrogen-bond donors (Lipinski definition) is 2. The smallest absolute Gasteiger partial charge is 0.257 e. The molecule has 28 heavy (non-hydrogen) atoms. The highest BCUT2D eigenvalue weighted by molar-refractivity contribution is 6.32. The van der Waals surface area contributed by atoms with E-state index in [1.165, 1.54) is 0 Å². The first-order valence-corrected chi connectivity index (χ1v) is 10.1. The lowest BCUT2D eigenvalue weighted by molar-refractivity contribution is -0.1000. The number of anilines is 3. The molecule has 2 saturated heterocycles. The second-order valence-electron chi connectivity index (χ2n) is 7.71. The largest absolute Gasteiger partial charge is 0.475 e. The number of aromatic nitrogens is 4. The maximum absolute atomic E-state index is 6.24. The van der Waals surface area contributed by atoms with Crippen LogP contribution in [-0.4, -0.2) is 69.6 Å². The van der Waals surface area contributed by atoms with Gasteiger partial charge in [0.05, 0.1) is 43.8 Å². The Morgan fingerprint density at radius 1 is 1.25 bits per heavy atom. The summed E-state index contributed by atoms with van der Waals surface area (Å²) in [6.45, 7) is 8.33. The first-order valence-electron chi connectivity index (χ1n) is 9.68. The maximum atomic E-state index is 6.24. The van der Waals surface area contributed by atoms with Crippen LogP contribution in [0.2, 0.25) is 5.02 Å². The number of ether oxygens (including phenoxy) is 2. The third-order valence-electron chi connectivity index (χ3n) is 5.64. The van der Waals surface area contributed by atoms with Crippen LogP contribution >= 0.6 is 11.6 Å². The monoisotopic (exact) mass is 405 g/mol. The molecule has 3 aliphatic heterocycles. The van der Waals surface area contributed by atoms with E-state index in [1.54, 1.807) is 6.20 Å². The van der Waals surface area contributed by atoms with Gasteiger partial charge in [-0.1, -0.05) is 11.6 Å². The van der Waals surface area contributed by atoms with E-state index in [1.807, 2.05) is 0 Å². The second kappa shape index (κ2) is 7.06. The number of nitrogens with zero attached hydrogens (tertiary/aromatic N) is 5. The normalized spacial score (nSPS) is 23.3. The Kier molecular flexibility index (Phi) is 4.53. The Labute approximate surface area is 168 Å². The lowest BCUT2D eigenvalue weighted by Crippen LogP contribution is -2.59. The van der Waals surface area contributed by atoms with E-state index in [-0.39, 0.29) is 6.04 Å². The Bertz CT molecular complexity index is 879. The van der Waals surface area contributed by atoms with Crippen molar-refractivity contribution < 1.29 is 9.47 Å². The molecule has 5 rings (SSSR count). The zero-order valence-electron chi connectivity index (χ0n) is 16.0. The standard InChI is InChI=1S/C18H24ClN7O2/c1-10-3-4-28-17-15(22-18-20-5-14(19)16(21-10)23-18)11(2)26(24-17)12-6-25(7-12)13-8-27-9-13/h5,10,12-13H,3-4,6-9H2,1-2H3,(H2,20,21,22,23)/t10-/m1/s1. The van der Waals surface area contributed by atoms with Gasteiger partial charge in [0.25, 0.3) is 5.88 Å². The van der Waals surface area contributed by atoms with E-state index >= 15 is 0 Å². The molecular formula is C18H24ClN7O2. The summed E-state index contributed by atoms with van der Waals surface area (Å²) in [4.78, 5) is 11.3.